The third-order valence-electron chi connectivity index (χ3n) is 5.56. The Labute approximate surface area is 190 Å². The summed E-state index contributed by atoms with van der Waals surface area (Å²) in [6.07, 6.45) is 12.4. The molecule has 1 rings (SSSR count). The number of halogens is 4. The van der Waals surface area contributed by atoms with Crippen LogP contribution < -0.4 is 0 Å². The molecular formula is C25H40F4OS. The maximum atomic E-state index is 14.2. The van der Waals surface area contributed by atoms with Crippen molar-refractivity contribution in [2.24, 2.45) is 0 Å². The molecule has 0 unspecified atom stereocenters. The molecule has 0 aliphatic rings. The maximum Gasteiger partial charge on any atom is 0.355 e. The summed E-state index contributed by atoms with van der Waals surface area (Å²) < 4.78 is 58.7. The molecule has 0 aliphatic heterocycles. The monoisotopic (exact) mass is 464 g/mol. The van der Waals surface area contributed by atoms with Crippen molar-refractivity contribution in [3.63, 3.8) is 0 Å². The Morgan fingerprint density at radius 1 is 0.774 bits per heavy atom. The number of benzene rings is 1. The molecule has 0 aliphatic carbocycles. The number of aryl methyl sites for hydroxylation is 1. The van der Waals surface area contributed by atoms with Crippen molar-refractivity contribution in [2.45, 2.75) is 114 Å². The predicted molar refractivity (Wildman–Crippen MR) is 123 cm³/mol. The first kappa shape index (κ1) is 28.3. The van der Waals surface area contributed by atoms with Gasteiger partial charge in [-0.1, -0.05) is 84.0 Å². The van der Waals surface area contributed by atoms with Gasteiger partial charge in [0.15, 0.2) is 0 Å². The minimum atomic E-state index is -3.28. The van der Waals surface area contributed by atoms with E-state index < -0.39 is 24.2 Å². The van der Waals surface area contributed by atoms with Gasteiger partial charge in [0.2, 0.25) is 0 Å². The Morgan fingerprint density at radius 3 is 1.68 bits per heavy atom. The maximum absolute atomic E-state index is 14.2. The number of alkyl halides is 2. The highest BCUT2D eigenvalue weighted by Gasteiger charge is 2.27. The topological polar surface area (TPSA) is 9.23 Å². The SMILES string of the molecule is CCCCCCCCCCCCCCCSc1c(F)cc(CCC(F)(F)OC)cc1F. The summed E-state index contributed by atoms with van der Waals surface area (Å²) in [7, 11) is 0.914. The summed E-state index contributed by atoms with van der Waals surface area (Å²) in [6.45, 7) is 2.24. The molecule has 0 bridgehead atoms. The van der Waals surface area contributed by atoms with Gasteiger partial charge in [-0.3, -0.25) is 0 Å². The number of thioether (sulfide) groups is 1. The van der Waals surface area contributed by atoms with Gasteiger partial charge in [0, 0.05) is 13.5 Å². The van der Waals surface area contributed by atoms with E-state index in [9.17, 15) is 17.6 Å². The molecule has 0 fully saturated rings. The Hall–Kier alpha value is -0.750. The van der Waals surface area contributed by atoms with E-state index in [2.05, 4.69) is 11.7 Å². The fourth-order valence-electron chi connectivity index (χ4n) is 3.58. The lowest BCUT2D eigenvalue weighted by Crippen LogP contribution is -2.19. The summed E-state index contributed by atoms with van der Waals surface area (Å²) >= 11 is 1.17. The van der Waals surface area contributed by atoms with Crippen molar-refractivity contribution in [1.82, 2.24) is 0 Å². The van der Waals surface area contributed by atoms with Crippen LogP contribution in [0.25, 0.3) is 0 Å². The molecule has 0 aromatic heterocycles. The van der Waals surface area contributed by atoms with Crippen LogP contribution in [0.1, 0.15) is 102 Å². The van der Waals surface area contributed by atoms with Crippen LogP contribution in [0.4, 0.5) is 17.6 Å². The molecule has 0 heterocycles. The average Bonchev–Trinajstić information content (AvgIpc) is 2.74. The van der Waals surface area contributed by atoms with E-state index in [1.54, 1.807) is 0 Å². The summed E-state index contributed by atoms with van der Waals surface area (Å²) in [5.41, 5.74) is 0.219. The molecule has 1 aromatic rings. The number of rotatable bonds is 19. The minimum absolute atomic E-state index is 0.0128. The van der Waals surface area contributed by atoms with Crippen molar-refractivity contribution in [2.75, 3.05) is 12.9 Å². The van der Waals surface area contributed by atoms with Crippen molar-refractivity contribution in [1.29, 1.82) is 0 Å². The third-order valence-corrected chi connectivity index (χ3v) is 6.73. The van der Waals surface area contributed by atoms with E-state index in [4.69, 9.17) is 0 Å². The van der Waals surface area contributed by atoms with Gasteiger partial charge < -0.3 is 4.74 Å². The van der Waals surface area contributed by atoms with Gasteiger partial charge in [0.05, 0.1) is 4.90 Å². The van der Waals surface area contributed by atoms with Gasteiger partial charge in [-0.2, -0.15) is 8.78 Å². The van der Waals surface area contributed by atoms with Crippen LogP contribution in [0, 0.1) is 11.6 Å². The molecule has 0 saturated heterocycles. The summed E-state index contributed by atoms with van der Waals surface area (Å²) in [5.74, 6) is -0.682. The third kappa shape index (κ3) is 13.4. The molecule has 0 spiro atoms. The largest absolute Gasteiger partial charge is 0.355 e. The quantitative estimate of drug-likeness (QED) is 0.115. The Bertz CT molecular complexity index is 572. The van der Waals surface area contributed by atoms with Crippen molar-refractivity contribution < 1.29 is 22.3 Å². The molecule has 0 N–H and O–H groups in total. The second-order valence-corrected chi connectivity index (χ2v) is 9.43. The Kier molecular flexibility index (Phi) is 15.3. The van der Waals surface area contributed by atoms with Gasteiger partial charge in [-0.25, -0.2) is 8.78 Å². The van der Waals surface area contributed by atoms with Crippen LogP contribution in [0.5, 0.6) is 0 Å². The van der Waals surface area contributed by atoms with Gasteiger partial charge in [-0.15, -0.1) is 11.8 Å². The zero-order valence-electron chi connectivity index (χ0n) is 19.3. The first-order chi connectivity index (χ1) is 14.9. The van der Waals surface area contributed by atoms with Crippen LogP contribution in [0.3, 0.4) is 0 Å². The lowest BCUT2D eigenvalue weighted by Gasteiger charge is -2.14. The summed E-state index contributed by atoms with van der Waals surface area (Å²) in [6, 6.07) is 2.31. The van der Waals surface area contributed by atoms with Gasteiger partial charge in [0.1, 0.15) is 11.6 Å². The fourth-order valence-corrected chi connectivity index (χ4v) is 4.53. The number of unbranched alkanes of at least 4 members (excludes halogenated alkanes) is 12. The zero-order chi connectivity index (χ0) is 23.0. The van der Waals surface area contributed by atoms with E-state index in [0.29, 0.717) is 5.75 Å². The second-order valence-electron chi connectivity index (χ2n) is 8.32. The smallest absolute Gasteiger partial charge is 0.324 e. The van der Waals surface area contributed by atoms with Crippen LogP contribution in [-0.4, -0.2) is 19.0 Å². The highest BCUT2D eigenvalue weighted by Crippen LogP contribution is 2.29. The number of ether oxygens (including phenoxy) is 1. The second kappa shape index (κ2) is 16.8. The predicted octanol–water partition coefficient (Wildman–Crippen LogP) is 9.32. The van der Waals surface area contributed by atoms with E-state index in [-0.39, 0.29) is 16.9 Å². The first-order valence-corrected chi connectivity index (χ1v) is 12.9. The zero-order valence-corrected chi connectivity index (χ0v) is 20.1. The minimum Gasteiger partial charge on any atom is -0.324 e. The fraction of sp³-hybridized carbons (Fsp3) is 0.760. The van der Waals surface area contributed by atoms with Crippen LogP contribution in [0.2, 0.25) is 0 Å². The molecule has 180 valence electrons. The molecule has 0 saturated carbocycles. The van der Waals surface area contributed by atoms with Crippen molar-refractivity contribution in [3.05, 3.63) is 29.3 Å². The van der Waals surface area contributed by atoms with E-state index in [1.165, 1.54) is 76.0 Å². The normalized spacial score (nSPS) is 11.9. The summed E-state index contributed by atoms with van der Waals surface area (Å²) in [4.78, 5) is -0.0128. The van der Waals surface area contributed by atoms with Crippen molar-refractivity contribution in [3.8, 4) is 0 Å². The van der Waals surface area contributed by atoms with Crippen LogP contribution in [-0.2, 0) is 11.2 Å². The molecule has 1 nitrogen and oxygen atoms in total. The van der Waals surface area contributed by atoms with E-state index in [0.717, 1.165) is 38.5 Å². The number of methoxy groups -OCH3 is 1. The van der Waals surface area contributed by atoms with Crippen LogP contribution in [0.15, 0.2) is 17.0 Å². The molecule has 6 heteroatoms. The highest BCUT2D eigenvalue weighted by molar-refractivity contribution is 7.99. The molecule has 31 heavy (non-hydrogen) atoms. The van der Waals surface area contributed by atoms with Gasteiger partial charge in [-0.05, 0) is 36.3 Å². The Morgan fingerprint density at radius 2 is 1.23 bits per heavy atom. The van der Waals surface area contributed by atoms with Gasteiger partial charge in [0.25, 0.3) is 0 Å². The summed E-state index contributed by atoms with van der Waals surface area (Å²) in [5, 5.41) is 0. The van der Waals surface area contributed by atoms with E-state index >= 15 is 0 Å². The average molecular weight is 465 g/mol. The standard InChI is InChI=1S/C25H40F4OS/c1-3-4-5-6-7-8-9-10-11-12-13-14-15-18-31-24-22(26)19-21(20-23(24)27)16-17-25(28,29)30-2/h19-20H,3-18H2,1-2H3. The van der Waals surface area contributed by atoms with Crippen LogP contribution >= 0.6 is 11.8 Å². The first-order valence-electron chi connectivity index (χ1n) is 11.9. The van der Waals surface area contributed by atoms with E-state index in [1.807, 2.05) is 0 Å². The van der Waals surface area contributed by atoms with Gasteiger partial charge >= 0.3 is 6.11 Å². The Balaban J connectivity index is 2.12. The molecule has 0 radical (unpaired) electrons. The number of hydrogen-bond donors (Lipinski definition) is 0. The number of hydrogen-bond acceptors (Lipinski definition) is 2. The molecule has 0 amide bonds. The lowest BCUT2D eigenvalue weighted by atomic mass is 10.1. The molecule has 0 atom stereocenters. The molecule has 1 aromatic carbocycles. The highest BCUT2D eigenvalue weighted by atomic mass is 32.2. The lowest BCUT2D eigenvalue weighted by molar-refractivity contribution is -0.224. The van der Waals surface area contributed by atoms with Crippen molar-refractivity contribution >= 4 is 11.8 Å². The molecular weight excluding hydrogens is 424 g/mol.